The number of urea groups is 1. The lowest BCUT2D eigenvalue weighted by atomic mass is 9.82. The fourth-order valence-electron chi connectivity index (χ4n) is 5.60. The van der Waals surface area contributed by atoms with Crippen LogP contribution in [0.5, 0.6) is 0 Å². The number of nitrogens with zero attached hydrogens (tertiary/aromatic N) is 3. The number of hydrogen-bond acceptors (Lipinski definition) is 4. The first-order valence-electron chi connectivity index (χ1n) is 12.3. The van der Waals surface area contributed by atoms with Crippen molar-refractivity contribution in [2.75, 3.05) is 33.4 Å². The normalized spacial score (nSPS) is 21.9. The van der Waals surface area contributed by atoms with Crippen LogP contribution in [0.3, 0.4) is 0 Å². The minimum Gasteiger partial charge on any atom is -0.395 e. The highest BCUT2D eigenvalue weighted by Gasteiger charge is 2.57. The van der Waals surface area contributed by atoms with Crippen LogP contribution in [0, 0.1) is 12.3 Å². The van der Waals surface area contributed by atoms with E-state index in [-0.39, 0.29) is 36.0 Å². The Morgan fingerprint density at radius 1 is 1.18 bits per heavy atom. The van der Waals surface area contributed by atoms with Gasteiger partial charge in [0.05, 0.1) is 42.3 Å². The molecule has 2 aromatic rings. The van der Waals surface area contributed by atoms with E-state index in [0.717, 1.165) is 23.3 Å². The van der Waals surface area contributed by atoms with Gasteiger partial charge in [0.15, 0.2) is 0 Å². The largest absolute Gasteiger partial charge is 0.416 e. The zero-order valence-corrected chi connectivity index (χ0v) is 22.1. The Kier molecular flexibility index (Phi) is 7.71. The molecule has 0 saturated carbocycles. The van der Waals surface area contributed by atoms with Crippen LogP contribution in [-0.4, -0.2) is 76.2 Å². The Hall–Kier alpha value is -2.82. The fourth-order valence-corrected chi connectivity index (χ4v) is 5.84. The number of piperazine rings is 1. The monoisotopic (exact) mass is 553 g/mol. The van der Waals surface area contributed by atoms with Crippen molar-refractivity contribution < 1.29 is 33.0 Å². The minimum absolute atomic E-state index is 0.0808. The molecule has 3 amide bonds. The summed E-state index contributed by atoms with van der Waals surface area (Å²) in [6.45, 7) is 2.87. The van der Waals surface area contributed by atoms with Crippen LogP contribution in [0.25, 0.3) is 0 Å². The smallest absolute Gasteiger partial charge is 0.395 e. The van der Waals surface area contributed by atoms with Gasteiger partial charge in [0.1, 0.15) is 0 Å². The first-order valence-corrected chi connectivity index (χ1v) is 12.7. The number of halogens is 4. The van der Waals surface area contributed by atoms with Gasteiger partial charge in [0, 0.05) is 25.2 Å². The van der Waals surface area contributed by atoms with E-state index in [0.29, 0.717) is 0 Å². The second kappa shape index (κ2) is 10.4. The molecule has 2 N–H and O–H groups in total. The Morgan fingerprint density at radius 2 is 1.84 bits per heavy atom. The van der Waals surface area contributed by atoms with E-state index in [1.165, 1.54) is 18.0 Å². The molecule has 0 radical (unpaired) electrons. The molecule has 0 aromatic heterocycles. The molecule has 11 heteroatoms. The van der Waals surface area contributed by atoms with E-state index in [2.05, 4.69) is 0 Å². The molecule has 4 rings (SSSR count). The number of benzene rings is 2. The third-order valence-electron chi connectivity index (χ3n) is 7.97. The topological polar surface area (TPSA) is 84.3 Å². The molecule has 7 nitrogen and oxygen atoms in total. The number of rotatable bonds is 5. The van der Waals surface area contributed by atoms with E-state index in [1.807, 2.05) is 31.2 Å². The molecule has 0 aliphatic carbocycles. The van der Waals surface area contributed by atoms with Gasteiger partial charge in [-0.3, -0.25) is 4.79 Å². The van der Waals surface area contributed by atoms with Gasteiger partial charge in [0.2, 0.25) is 5.91 Å². The molecular weight excluding hydrogens is 523 g/mol. The number of aliphatic hydroxyl groups is 2. The highest BCUT2D eigenvalue weighted by molar-refractivity contribution is 6.30. The van der Waals surface area contributed by atoms with Gasteiger partial charge in [-0.2, -0.15) is 13.2 Å². The lowest BCUT2D eigenvalue weighted by Gasteiger charge is -2.47. The second-order valence-corrected chi connectivity index (χ2v) is 10.6. The molecule has 2 saturated heterocycles. The molecule has 0 bridgehead atoms. The molecule has 38 heavy (non-hydrogen) atoms. The zero-order valence-electron chi connectivity index (χ0n) is 21.4. The number of carbonyl (C=O) groups is 2. The van der Waals surface area contributed by atoms with Crippen molar-refractivity contribution in [3.05, 3.63) is 69.7 Å². The third kappa shape index (κ3) is 4.85. The van der Waals surface area contributed by atoms with Gasteiger partial charge in [-0.15, -0.1) is 0 Å². The summed E-state index contributed by atoms with van der Waals surface area (Å²) in [5.74, 6) is -0.349. The lowest BCUT2D eigenvalue weighted by molar-refractivity contribution is -0.142. The average molecular weight is 554 g/mol. The second-order valence-electron chi connectivity index (χ2n) is 10.2. The number of carbonyl (C=O) groups excluding carboxylic acids is 2. The van der Waals surface area contributed by atoms with Gasteiger partial charge in [-0.05, 0) is 55.2 Å². The molecule has 2 heterocycles. The Balaban J connectivity index is 1.71. The number of aliphatic hydroxyl groups excluding tert-OH is 2. The van der Waals surface area contributed by atoms with Crippen molar-refractivity contribution in [1.29, 1.82) is 0 Å². The van der Waals surface area contributed by atoms with Crippen molar-refractivity contribution in [3.63, 3.8) is 0 Å². The molecule has 2 aromatic carbocycles. The molecule has 206 valence electrons. The standard InChI is InChI=1S/C27H31ClF3N3O4/c1-16-6-4-5-7-21(16)23-22-13-26(14-35,15-36)24(37)33(22)8-9-34(23)25(38)32(3)17(2)18-10-19(27(29,30)31)12-20(28)11-18/h4-7,10-12,17,22-23,35-36H,8-9,13-15H2,1-3H3/t17-,22+,23+/m1/s1. The van der Waals surface area contributed by atoms with Crippen molar-refractivity contribution in [2.24, 2.45) is 5.41 Å². The Bertz CT molecular complexity index is 1220. The molecule has 2 aliphatic heterocycles. The maximum absolute atomic E-state index is 13.9. The molecule has 0 spiro atoms. The maximum atomic E-state index is 13.9. The summed E-state index contributed by atoms with van der Waals surface area (Å²) in [4.78, 5) is 31.8. The van der Waals surface area contributed by atoms with Crippen LogP contribution < -0.4 is 0 Å². The number of aryl methyl sites for hydroxylation is 1. The van der Waals surface area contributed by atoms with E-state index < -0.39 is 54.5 Å². The van der Waals surface area contributed by atoms with Crippen molar-refractivity contribution >= 4 is 23.5 Å². The summed E-state index contributed by atoms with van der Waals surface area (Å²) in [7, 11) is 1.52. The predicted octanol–water partition coefficient (Wildman–Crippen LogP) is 4.41. The molecular formula is C27H31ClF3N3O4. The number of fused-ring (bicyclic) bond motifs is 1. The molecule has 3 atom stereocenters. The van der Waals surface area contributed by atoms with Crippen LogP contribution in [0.1, 0.15) is 47.7 Å². The van der Waals surface area contributed by atoms with Crippen LogP contribution in [0.2, 0.25) is 5.02 Å². The quantitative estimate of drug-likeness (QED) is 0.574. The van der Waals surface area contributed by atoms with Crippen LogP contribution >= 0.6 is 11.6 Å². The summed E-state index contributed by atoms with van der Waals surface area (Å²) in [6, 6.07) is 8.49. The summed E-state index contributed by atoms with van der Waals surface area (Å²) >= 11 is 5.99. The van der Waals surface area contributed by atoms with Gasteiger partial charge in [-0.1, -0.05) is 35.9 Å². The number of hydrogen-bond donors (Lipinski definition) is 2. The molecule has 2 aliphatic rings. The number of alkyl halides is 3. The minimum atomic E-state index is -4.59. The summed E-state index contributed by atoms with van der Waals surface area (Å²) in [6.07, 6.45) is -4.43. The number of amides is 3. The Morgan fingerprint density at radius 3 is 2.45 bits per heavy atom. The maximum Gasteiger partial charge on any atom is 0.416 e. The molecule has 2 fully saturated rings. The van der Waals surface area contributed by atoms with Gasteiger partial charge in [-0.25, -0.2) is 4.79 Å². The highest BCUT2D eigenvalue weighted by atomic mass is 35.5. The average Bonchev–Trinajstić information content (AvgIpc) is 3.18. The van der Waals surface area contributed by atoms with E-state index in [9.17, 15) is 33.0 Å². The van der Waals surface area contributed by atoms with Gasteiger partial charge >= 0.3 is 12.2 Å². The fraction of sp³-hybridized carbons (Fsp3) is 0.481. The van der Waals surface area contributed by atoms with E-state index in [1.54, 1.807) is 16.7 Å². The summed E-state index contributed by atoms with van der Waals surface area (Å²) < 4.78 is 40.2. The first-order chi connectivity index (χ1) is 17.8. The molecule has 0 unspecified atom stereocenters. The lowest BCUT2D eigenvalue weighted by Crippen LogP contribution is -2.57. The van der Waals surface area contributed by atoms with Gasteiger partial charge in [0.25, 0.3) is 0 Å². The summed E-state index contributed by atoms with van der Waals surface area (Å²) in [5, 5.41) is 20.0. The van der Waals surface area contributed by atoms with Crippen LogP contribution in [0.4, 0.5) is 18.0 Å². The first kappa shape index (κ1) is 28.2. The predicted molar refractivity (Wildman–Crippen MR) is 135 cm³/mol. The highest BCUT2D eigenvalue weighted by Crippen LogP contribution is 2.46. The van der Waals surface area contributed by atoms with Crippen LogP contribution in [-0.2, 0) is 11.0 Å². The van der Waals surface area contributed by atoms with Crippen molar-refractivity contribution in [2.45, 2.75) is 44.6 Å². The third-order valence-corrected chi connectivity index (χ3v) is 8.19. The van der Waals surface area contributed by atoms with Crippen LogP contribution in [0.15, 0.2) is 42.5 Å². The van der Waals surface area contributed by atoms with Crippen molar-refractivity contribution in [3.8, 4) is 0 Å². The zero-order chi connectivity index (χ0) is 28.0. The Labute approximate surface area is 224 Å². The summed E-state index contributed by atoms with van der Waals surface area (Å²) in [5.41, 5.74) is -0.275. The van der Waals surface area contributed by atoms with E-state index in [4.69, 9.17) is 11.6 Å². The van der Waals surface area contributed by atoms with Crippen molar-refractivity contribution in [1.82, 2.24) is 14.7 Å². The van der Waals surface area contributed by atoms with E-state index >= 15 is 0 Å². The SMILES string of the molecule is Cc1ccccc1[C@H]1[C@@H]2CC(CO)(CO)C(=O)N2CCN1C(=O)N(C)[C@H](C)c1cc(Cl)cc(C(F)(F)F)c1. The van der Waals surface area contributed by atoms with Gasteiger partial charge < -0.3 is 24.9 Å².